The Labute approximate surface area is 339 Å². The molecule has 0 spiro atoms. The molecule has 1 N–H and O–H groups in total. The number of imidazole rings is 1. The van der Waals surface area contributed by atoms with Crippen molar-refractivity contribution in [3.63, 3.8) is 0 Å². The van der Waals surface area contributed by atoms with Crippen molar-refractivity contribution in [3.8, 4) is 17.7 Å². The minimum atomic E-state index is -2.19. The highest BCUT2D eigenvalue weighted by molar-refractivity contribution is 7.45. The van der Waals surface area contributed by atoms with Crippen molar-refractivity contribution in [2.75, 3.05) is 31.7 Å². The van der Waals surface area contributed by atoms with Crippen molar-refractivity contribution in [2.45, 2.75) is 81.4 Å². The number of hydrogen-bond donors (Lipinski definition) is 1. The van der Waals surface area contributed by atoms with Gasteiger partial charge in [-0.25, -0.2) is 9.65 Å². The molecule has 2 aromatic heterocycles. The predicted octanol–water partition coefficient (Wildman–Crippen LogP) is 5.58. The molecular weight excluding hydrogens is 774 g/mol. The highest BCUT2D eigenvalue weighted by Gasteiger charge is 2.64. The molecule has 58 heavy (non-hydrogen) atoms. The van der Waals surface area contributed by atoms with Gasteiger partial charge in [0, 0.05) is 12.6 Å². The predicted molar refractivity (Wildman–Crippen MR) is 219 cm³/mol. The third-order valence-corrected chi connectivity index (χ3v) is 18.0. The number of hydrogen-bond acceptors (Lipinski definition) is 12. The number of nitrogens with zero attached hydrogens (tertiary/aromatic N) is 6. The molecule has 300 valence electrons. The van der Waals surface area contributed by atoms with Crippen LogP contribution >= 0.6 is 8.53 Å². The number of nitrogens with one attached hydrogen (secondary N) is 1. The van der Waals surface area contributed by atoms with E-state index >= 15 is 0 Å². The van der Waals surface area contributed by atoms with E-state index in [4.69, 9.17) is 33.0 Å². The maximum atomic E-state index is 13.0. The van der Waals surface area contributed by atoms with Gasteiger partial charge in [0.05, 0.1) is 31.5 Å². The smallest absolute Gasteiger partial charge is 0.264 e. The summed E-state index contributed by atoms with van der Waals surface area (Å²) in [6.07, 6.45) is 3.06. The summed E-state index contributed by atoms with van der Waals surface area (Å²) in [4.78, 5) is 26.8. The van der Waals surface area contributed by atoms with E-state index in [2.05, 4.69) is 100 Å². The topological polar surface area (TPSA) is 155 Å². The first-order valence-corrected chi connectivity index (χ1v) is 23.8. The summed E-state index contributed by atoms with van der Waals surface area (Å²) < 4.78 is 43.4. The zero-order chi connectivity index (χ0) is 39.7. The molecule has 0 aliphatic carbocycles. The summed E-state index contributed by atoms with van der Waals surface area (Å²) in [6, 6.07) is 34.2. The fourth-order valence-corrected chi connectivity index (χ4v) is 14.8. The van der Waals surface area contributed by atoms with Gasteiger partial charge in [0.15, 0.2) is 24.0 Å². The molecule has 1 amide bonds. The molecule has 4 fully saturated rings. The van der Waals surface area contributed by atoms with Crippen LogP contribution in [0.4, 0.5) is 5.95 Å². The van der Waals surface area contributed by atoms with Crippen LogP contribution < -0.4 is 25.2 Å². The second-order valence-corrected chi connectivity index (χ2v) is 21.0. The standard InChI is InChI=1S/C42H46N7O7PSi/c1-3-42-27-53-36(37(42)56-57-49-23-13-21-32(49)33(55-57)26-58(2,30-17-9-5-10-18-30)31-19-11-6-12-20-31)40(54-42)48-28-44-35-38(48)46-41(47-39(35)51-24-14-22-43)45-34(50)25-52-29-15-7-4-8-16-29/h4-12,15-20,28,32-33,36-37,40H,3,13-14,21,23-27H2,1-2H3,(H,45,46,47,50)/t32-,33+,36-,37?,40+,42-,57+/m0/s1. The fraction of sp³-hybridized carbons (Fsp3) is 0.405. The summed E-state index contributed by atoms with van der Waals surface area (Å²) in [5.41, 5.74) is 0.00916. The number of benzene rings is 3. The Morgan fingerprint density at radius 2 is 1.76 bits per heavy atom. The van der Waals surface area contributed by atoms with Crippen LogP contribution in [-0.2, 0) is 23.3 Å². The number of carbonyl (C=O) groups is 1. The lowest BCUT2D eigenvalue weighted by molar-refractivity contribution is -0.172. The number of ether oxygens (including phenoxy) is 4. The number of carbonyl (C=O) groups excluding carboxylic acids is 1. The average Bonchev–Trinajstić information content (AvgIpc) is 4.10. The molecule has 1 unspecified atom stereocenters. The maximum absolute atomic E-state index is 13.0. The molecule has 5 aromatic rings. The van der Waals surface area contributed by atoms with Gasteiger partial charge in [0.2, 0.25) is 11.8 Å². The Bertz CT molecular complexity index is 2230. The molecule has 14 nitrogen and oxygen atoms in total. The van der Waals surface area contributed by atoms with Crippen LogP contribution in [0.1, 0.15) is 38.8 Å². The van der Waals surface area contributed by atoms with E-state index < -0.39 is 46.5 Å². The minimum Gasteiger partial charge on any atom is -0.484 e. The summed E-state index contributed by atoms with van der Waals surface area (Å²) in [6.45, 7) is 5.69. The highest BCUT2D eigenvalue weighted by Crippen LogP contribution is 2.61. The lowest BCUT2D eigenvalue weighted by Crippen LogP contribution is -2.58. The van der Waals surface area contributed by atoms with Crippen LogP contribution in [0.25, 0.3) is 11.2 Å². The molecule has 0 radical (unpaired) electrons. The van der Waals surface area contributed by atoms with E-state index in [1.54, 1.807) is 23.0 Å². The van der Waals surface area contributed by atoms with Gasteiger partial charge in [-0.2, -0.15) is 15.2 Å². The van der Waals surface area contributed by atoms with Crippen LogP contribution in [0.2, 0.25) is 12.6 Å². The number of para-hydroxylation sites is 1. The highest BCUT2D eigenvalue weighted by atomic mass is 31.2. The maximum Gasteiger partial charge on any atom is 0.264 e. The van der Waals surface area contributed by atoms with Gasteiger partial charge in [0.25, 0.3) is 14.4 Å². The zero-order valence-electron chi connectivity index (χ0n) is 32.5. The molecule has 3 aromatic carbocycles. The van der Waals surface area contributed by atoms with E-state index in [9.17, 15) is 10.1 Å². The van der Waals surface area contributed by atoms with Gasteiger partial charge in [-0.05, 0) is 37.4 Å². The summed E-state index contributed by atoms with van der Waals surface area (Å²) in [5.74, 6) is 0.238. The van der Waals surface area contributed by atoms with E-state index in [-0.39, 0.29) is 43.6 Å². The van der Waals surface area contributed by atoms with Crippen LogP contribution in [-0.4, -0.2) is 94.5 Å². The number of nitriles is 1. The van der Waals surface area contributed by atoms with Gasteiger partial charge in [-0.3, -0.25) is 14.7 Å². The minimum absolute atomic E-state index is 0.000402. The van der Waals surface area contributed by atoms with Gasteiger partial charge in [-0.15, -0.1) is 0 Å². The SMILES string of the molecule is CC[C@]12CO[C@@H](C1O[P@@]1O[C@H](C[Si](C)(c3ccccc3)c3ccccc3)[C@@H]3CCCN31)[C@H](n1cnc3c(OCCC#N)nc(NC(=O)COc4ccccc4)nc31)O2. The Morgan fingerprint density at radius 3 is 2.47 bits per heavy atom. The molecule has 7 atom stereocenters. The van der Waals surface area contributed by atoms with Crippen LogP contribution in [0.15, 0.2) is 97.3 Å². The first kappa shape index (κ1) is 38.7. The number of rotatable bonds is 15. The van der Waals surface area contributed by atoms with E-state index in [1.807, 2.05) is 18.2 Å². The molecule has 16 heteroatoms. The Morgan fingerprint density at radius 1 is 1.03 bits per heavy atom. The van der Waals surface area contributed by atoms with Gasteiger partial charge < -0.3 is 28.0 Å². The molecule has 4 aliphatic rings. The van der Waals surface area contributed by atoms with Crippen molar-refractivity contribution in [1.29, 1.82) is 5.26 Å². The third kappa shape index (κ3) is 7.28. The quantitative estimate of drug-likeness (QED) is 0.0797. The molecule has 2 bridgehead atoms. The van der Waals surface area contributed by atoms with Crippen LogP contribution in [0.3, 0.4) is 0 Å². The first-order valence-electron chi connectivity index (χ1n) is 19.9. The van der Waals surface area contributed by atoms with E-state index in [1.165, 1.54) is 10.4 Å². The zero-order valence-corrected chi connectivity index (χ0v) is 34.4. The monoisotopic (exact) mass is 819 g/mol. The molecule has 4 saturated heterocycles. The van der Waals surface area contributed by atoms with E-state index in [0.717, 1.165) is 25.4 Å². The lowest BCUT2D eigenvalue weighted by Gasteiger charge is -2.32. The number of aromatic nitrogens is 4. The number of fused-ring (bicyclic) bond motifs is 4. The van der Waals surface area contributed by atoms with Gasteiger partial charge >= 0.3 is 0 Å². The number of amides is 1. The molecule has 6 heterocycles. The molecular formula is C42H46N7O7PSi. The van der Waals surface area contributed by atoms with Crippen molar-refractivity contribution < 1.29 is 32.8 Å². The lowest BCUT2D eigenvalue weighted by atomic mass is 9.96. The Balaban J connectivity index is 0.970. The molecule has 9 rings (SSSR count). The van der Waals surface area contributed by atoms with Gasteiger partial charge in [0.1, 0.15) is 38.2 Å². The average molecular weight is 820 g/mol. The largest absolute Gasteiger partial charge is 0.484 e. The van der Waals surface area contributed by atoms with Crippen molar-refractivity contribution in [3.05, 3.63) is 97.3 Å². The third-order valence-electron chi connectivity index (χ3n) is 11.8. The Hall–Kier alpha value is -4.78. The normalized spacial score (nSPS) is 26.4. The van der Waals surface area contributed by atoms with Crippen molar-refractivity contribution in [2.24, 2.45) is 0 Å². The second kappa shape index (κ2) is 16.5. The van der Waals surface area contributed by atoms with E-state index in [0.29, 0.717) is 29.9 Å². The van der Waals surface area contributed by atoms with Crippen LogP contribution in [0.5, 0.6) is 11.6 Å². The fourth-order valence-electron chi connectivity index (χ4n) is 8.73. The van der Waals surface area contributed by atoms with Gasteiger partial charge in [-0.1, -0.05) is 103 Å². The summed E-state index contributed by atoms with van der Waals surface area (Å²) in [7, 11) is -3.59. The summed E-state index contributed by atoms with van der Waals surface area (Å²) >= 11 is 0. The van der Waals surface area contributed by atoms with Crippen molar-refractivity contribution in [1.82, 2.24) is 24.2 Å². The molecule has 4 aliphatic heterocycles. The Kier molecular flexibility index (Phi) is 11.0. The molecule has 0 saturated carbocycles. The first-order chi connectivity index (χ1) is 28.4. The summed E-state index contributed by atoms with van der Waals surface area (Å²) in [5, 5.41) is 14.7. The van der Waals surface area contributed by atoms with Crippen molar-refractivity contribution >= 4 is 50.0 Å². The number of anilines is 1. The van der Waals surface area contributed by atoms with Crippen LogP contribution in [0, 0.1) is 11.3 Å². The second-order valence-electron chi connectivity index (χ2n) is 15.3.